The number of rotatable bonds is 5. The van der Waals surface area contributed by atoms with Crippen LogP contribution in [-0.2, 0) is 6.42 Å². The summed E-state index contributed by atoms with van der Waals surface area (Å²) in [5, 5.41) is 8.61. The second kappa shape index (κ2) is 11.6. The standard InChI is InChI=1S/C40H26N2OS.C2H6/c1-2-11-25(23-22-24-12-4-3-5-13-24)37-39-38(28-14-6-7-19-31(28)43-39)42-40(41-37)30-18-8-15-26-27-16-9-20-32-35(27)36-29(34(26)30)17-10-21-33(36)44-32;1-2/h2-21,23H,22H2,1H3;1-2H3/b11-2-,25-23+;. The van der Waals surface area contributed by atoms with E-state index in [1.165, 1.54) is 47.3 Å². The van der Waals surface area contributed by atoms with Gasteiger partial charge in [0.2, 0.25) is 0 Å². The normalized spacial score (nSPS) is 12.4. The van der Waals surface area contributed by atoms with Gasteiger partial charge in [0.1, 0.15) is 16.8 Å². The predicted molar refractivity (Wildman–Crippen MR) is 198 cm³/mol. The fourth-order valence-electron chi connectivity index (χ4n) is 6.72. The Morgan fingerprint density at radius 2 is 1.33 bits per heavy atom. The first-order valence-corrected chi connectivity index (χ1v) is 16.7. The molecular weight excluding hydrogens is 581 g/mol. The van der Waals surface area contributed by atoms with Crippen molar-refractivity contribution in [2.75, 3.05) is 0 Å². The minimum atomic E-state index is 0.703. The minimum absolute atomic E-state index is 0.703. The average Bonchev–Trinajstić information content (AvgIpc) is 3.69. The van der Waals surface area contributed by atoms with Crippen LogP contribution in [0.3, 0.4) is 0 Å². The van der Waals surface area contributed by atoms with Crippen LogP contribution in [0.1, 0.15) is 32.0 Å². The van der Waals surface area contributed by atoms with E-state index in [4.69, 9.17) is 14.4 Å². The molecule has 0 saturated heterocycles. The summed E-state index contributed by atoms with van der Waals surface area (Å²) in [4.78, 5) is 10.6. The lowest BCUT2D eigenvalue weighted by Crippen LogP contribution is -1.98. The monoisotopic (exact) mass is 612 g/mol. The smallest absolute Gasteiger partial charge is 0.180 e. The number of aromatic nitrogens is 2. The van der Waals surface area contributed by atoms with Gasteiger partial charge in [0, 0.05) is 42.1 Å². The van der Waals surface area contributed by atoms with Crippen molar-refractivity contribution in [3.8, 4) is 11.4 Å². The molecular formula is C42H32N2OS. The lowest BCUT2D eigenvalue weighted by Gasteiger charge is -2.14. The van der Waals surface area contributed by atoms with Crippen molar-refractivity contribution in [2.24, 2.45) is 0 Å². The molecule has 0 aliphatic carbocycles. The van der Waals surface area contributed by atoms with Gasteiger partial charge in [0.15, 0.2) is 11.4 Å². The molecule has 46 heavy (non-hydrogen) atoms. The van der Waals surface area contributed by atoms with Gasteiger partial charge in [-0.1, -0.05) is 117 Å². The zero-order valence-electron chi connectivity index (χ0n) is 26.0. The zero-order valence-corrected chi connectivity index (χ0v) is 26.9. The summed E-state index contributed by atoms with van der Waals surface area (Å²) in [6, 6.07) is 38.5. The molecule has 0 unspecified atom stereocenters. The number of benzene rings is 6. The molecule has 3 heterocycles. The summed E-state index contributed by atoms with van der Waals surface area (Å²) < 4.78 is 9.12. The van der Waals surface area contributed by atoms with E-state index in [-0.39, 0.29) is 0 Å². The predicted octanol–water partition coefficient (Wildman–Crippen LogP) is 12.4. The molecule has 6 aromatic carbocycles. The van der Waals surface area contributed by atoms with Gasteiger partial charge in [-0.15, -0.1) is 11.3 Å². The highest BCUT2D eigenvalue weighted by Crippen LogP contribution is 2.47. The van der Waals surface area contributed by atoms with Crippen LogP contribution >= 0.6 is 11.3 Å². The van der Waals surface area contributed by atoms with Crippen molar-refractivity contribution in [2.45, 2.75) is 27.2 Å². The fourth-order valence-corrected chi connectivity index (χ4v) is 7.88. The van der Waals surface area contributed by atoms with Gasteiger partial charge in [-0.2, -0.15) is 0 Å². The van der Waals surface area contributed by atoms with Crippen LogP contribution in [-0.4, -0.2) is 9.97 Å². The summed E-state index contributed by atoms with van der Waals surface area (Å²) in [7, 11) is 0. The first-order valence-electron chi connectivity index (χ1n) is 15.9. The van der Waals surface area contributed by atoms with Crippen molar-refractivity contribution in [1.82, 2.24) is 9.97 Å². The quantitative estimate of drug-likeness (QED) is 0.143. The summed E-state index contributed by atoms with van der Waals surface area (Å²) in [6.07, 6.45) is 7.22. The van der Waals surface area contributed by atoms with Gasteiger partial charge in [0.25, 0.3) is 0 Å². The molecule has 9 rings (SSSR count). The fraction of sp³-hybridized carbons (Fsp3) is 0.0952. The highest BCUT2D eigenvalue weighted by Gasteiger charge is 2.22. The van der Waals surface area contributed by atoms with Crippen LogP contribution in [0, 0.1) is 0 Å². The lowest BCUT2D eigenvalue weighted by molar-refractivity contribution is 0.664. The molecule has 222 valence electrons. The molecule has 0 spiro atoms. The summed E-state index contributed by atoms with van der Waals surface area (Å²) in [5.74, 6) is 0.703. The Bertz CT molecular complexity index is 2590. The third-order valence-electron chi connectivity index (χ3n) is 8.63. The van der Waals surface area contributed by atoms with Crippen LogP contribution in [0.5, 0.6) is 0 Å². The molecule has 0 aliphatic rings. The SMILES string of the molecule is C/C=C\C(=C/Cc1ccccc1)c1nc(-c2cccc3c4cccc5sc6cccc(c23)c6c54)nc2c1oc1ccccc12.CC. The Morgan fingerprint density at radius 1 is 0.674 bits per heavy atom. The number of fused-ring (bicyclic) bond motifs is 6. The molecule has 3 nitrogen and oxygen atoms in total. The molecule has 9 aromatic rings. The van der Waals surface area contributed by atoms with E-state index >= 15 is 0 Å². The number of thiophene rings is 1. The number of para-hydroxylation sites is 1. The maximum absolute atomic E-state index is 6.49. The molecule has 0 saturated carbocycles. The third-order valence-corrected chi connectivity index (χ3v) is 9.75. The summed E-state index contributed by atoms with van der Waals surface area (Å²) in [6.45, 7) is 6.04. The molecule has 0 amide bonds. The zero-order chi connectivity index (χ0) is 31.2. The molecule has 0 N–H and O–H groups in total. The topological polar surface area (TPSA) is 38.9 Å². The van der Waals surface area contributed by atoms with Gasteiger partial charge in [-0.3, -0.25) is 0 Å². The Hall–Kier alpha value is -5.32. The number of furan rings is 1. The van der Waals surface area contributed by atoms with Crippen molar-refractivity contribution in [1.29, 1.82) is 0 Å². The van der Waals surface area contributed by atoms with Gasteiger partial charge in [-0.05, 0) is 59.3 Å². The van der Waals surface area contributed by atoms with Crippen molar-refractivity contribution < 1.29 is 4.42 Å². The van der Waals surface area contributed by atoms with Crippen molar-refractivity contribution in [3.63, 3.8) is 0 Å². The number of hydrogen-bond donors (Lipinski definition) is 0. The number of nitrogens with zero attached hydrogens (tertiary/aromatic N) is 2. The van der Waals surface area contributed by atoms with Gasteiger partial charge in [-0.25, -0.2) is 9.97 Å². The molecule has 0 aliphatic heterocycles. The highest BCUT2D eigenvalue weighted by molar-refractivity contribution is 7.26. The van der Waals surface area contributed by atoms with E-state index < -0.39 is 0 Å². The Kier molecular flexibility index (Phi) is 7.08. The van der Waals surface area contributed by atoms with E-state index in [0.29, 0.717) is 11.4 Å². The summed E-state index contributed by atoms with van der Waals surface area (Å²) >= 11 is 1.86. The average molecular weight is 613 g/mol. The number of hydrogen-bond acceptors (Lipinski definition) is 4. The van der Waals surface area contributed by atoms with Crippen LogP contribution in [0.4, 0.5) is 0 Å². The highest BCUT2D eigenvalue weighted by atomic mass is 32.1. The van der Waals surface area contributed by atoms with Crippen LogP contribution < -0.4 is 0 Å². The maximum Gasteiger partial charge on any atom is 0.180 e. The summed E-state index contributed by atoms with van der Waals surface area (Å²) in [5.41, 5.74) is 6.45. The van der Waals surface area contributed by atoms with Gasteiger partial charge >= 0.3 is 0 Å². The Balaban J connectivity index is 0.00000153. The molecule has 0 fully saturated rings. The van der Waals surface area contributed by atoms with E-state index in [1.54, 1.807) is 0 Å². The van der Waals surface area contributed by atoms with E-state index in [1.807, 2.05) is 50.3 Å². The maximum atomic E-state index is 6.49. The van der Waals surface area contributed by atoms with Crippen molar-refractivity contribution in [3.05, 3.63) is 139 Å². The van der Waals surface area contributed by atoms with Crippen LogP contribution in [0.15, 0.2) is 132 Å². The molecule has 4 heteroatoms. The molecule has 3 aromatic heterocycles. The van der Waals surface area contributed by atoms with Gasteiger partial charge < -0.3 is 4.42 Å². The van der Waals surface area contributed by atoms with Gasteiger partial charge in [0.05, 0.1) is 0 Å². The molecule has 0 bridgehead atoms. The van der Waals surface area contributed by atoms with E-state index in [2.05, 4.69) is 109 Å². The lowest BCUT2D eigenvalue weighted by atomic mass is 9.91. The van der Waals surface area contributed by atoms with Crippen molar-refractivity contribution >= 4 is 80.7 Å². The molecule has 0 atom stereocenters. The Labute approximate surface area is 271 Å². The molecule has 0 radical (unpaired) electrons. The minimum Gasteiger partial charge on any atom is -0.452 e. The van der Waals surface area contributed by atoms with Crippen LogP contribution in [0.25, 0.3) is 80.7 Å². The third kappa shape index (κ3) is 4.40. The first-order chi connectivity index (χ1) is 22.8. The number of allylic oxidation sites excluding steroid dienone is 4. The van der Waals surface area contributed by atoms with E-state index in [0.717, 1.165) is 39.7 Å². The second-order valence-electron chi connectivity index (χ2n) is 11.2. The largest absolute Gasteiger partial charge is 0.452 e. The second-order valence-corrected chi connectivity index (χ2v) is 12.3. The van der Waals surface area contributed by atoms with E-state index in [9.17, 15) is 0 Å². The first kappa shape index (κ1) is 28.2. The van der Waals surface area contributed by atoms with Crippen LogP contribution in [0.2, 0.25) is 0 Å². The Morgan fingerprint density at radius 3 is 2.11 bits per heavy atom.